The third-order valence-corrected chi connectivity index (χ3v) is 8.88. The molecule has 0 amide bonds. The van der Waals surface area contributed by atoms with Gasteiger partial charge in [0.2, 0.25) is 10.0 Å². The van der Waals surface area contributed by atoms with Crippen molar-refractivity contribution in [3.05, 3.63) is 94.4 Å². The summed E-state index contributed by atoms with van der Waals surface area (Å²) in [6.45, 7) is 1.32. The number of hydrogen-bond donors (Lipinski definition) is 1. The van der Waals surface area contributed by atoms with Gasteiger partial charge in [-0.05, 0) is 60.7 Å². The first kappa shape index (κ1) is 25.0. The Balaban J connectivity index is 1.45. The Bertz CT molecular complexity index is 1510. The minimum Gasteiger partial charge on any atom is -0.301 e. The van der Waals surface area contributed by atoms with Crippen LogP contribution in [0.2, 0.25) is 0 Å². The quantitative estimate of drug-likeness (QED) is 0.327. The Hall–Kier alpha value is -3.62. The lowest BCUT2D eigenvalue weighted by Gasteiger charge is -2.31. The van der Waals surface area contributed by atoms with Gasteiger partial charge in [0, 0.05) is 30.3 Å². The first-order chi connectivity index (χ1) is 17.6. The second-order valence-corrected chi connectivity index (χ2v) is 11.1. The smallest absolute Gasteiger partial charge is 0.247 e. The minimum absolute atomic E-state index is 0.0907. The fourth-order valence-electron chi connectivity index (χ4n) is 5.32. The summed E-state index contributed by atoms with van der Waals surface area (Å²) < 4.78 is 82.2. The number of rotatable bonds is 6. The Morgan fingerprint density at radius 3 is 2.51 bits per heavy atom. The van der Waals surface area contributed by atoms with Gasteiger partial charge < -0.3 is 5.43 Å². The molecule has 1 heterocycles. The van der Waals surface area contributed by atoms with Crippen LogP contribution < -0.4 is 10.4 Å². The zero-order valence-corrected chi connectivity index (χ0v) is 20.5. The SMILES string of the molecule is C[C@H]1C2=CNN(c3ccc(F)cc3)C2=CC2=C1[C@@H](CN(CC#N)S(=O)(=O)c1cc(F)c(F)cc1F)CC2. The summed E-state index contributed by atoms with van der Waals surface area (Å²) in [6.07, 6.45) is 5.13. The number of nitrogens with zero attached hydrogens (tertiary/aromatic N) is 3. The van der Waals surface area contributed by atoms with Crippen molar-refractivity contribution in [3.8, 4) is 6.07 Å². The van der Waals surface area contributed by atoms with Crippen molar-refractivity contribution in [3.63, 3.8) is 0 Å². The molecule has 11 heteroatoms. The third-order valence-electron chi connectivity index (χ3n) is 7.05. The molecule has 0 saturated carbocycles. The number of allylic oxidation sites excluding steroid dienone is 3. The molecule has 2 aromatic rings. The van der Waals surface area contributed by atoms with Gasteiger partial charge in [-0.15, -0.1) is 0 Å². The molecule has 1 N–H and O–H groups in total. The summed E-state index contributed by atoms with van der Waals surface area (Å²) in [6, 6.07) is 8.34. The van der Waals surface area contributed by atoms with Gasteiger partial charge in [-0.2, -0.15) is 9.57 Å². The molecule has 6 nitrogen and oxygen atoms in total. The van der Waals surface area contributed by atoms with E-state index < -0.39 is 38.9 Å². The van der Waals surface area contributed by atoms with E-state index in [4.69, 9.17) is 0 Å². The molecule has 0 aromatic heterocycles. The number of hydrogen-bond acceptors (Lipinski definition) is 5. The molecule has 2 atom stereocenters. The molecule has 192 valence electrons. The highest BCUT2D eigenvalue weighted by Gasteiger charge is 2.40. The van der Waals surface area contributed by atoms with Crippen molar-refractivity contribution in [2.45, 2.75) is 24.7 Å². The maximum absolute atomic E-state index is 14.4. The molecule has 0 bridgehead atoms. The minimum atomic E-state index is -4.62. The zero-order valence-electron chi connectivity index (χ0n) is 19.7. The lowest BCUT2D eigenvalue weighted by Crippen LogP contribution is -2.37. The van der Waals surface area contributed by atoms with E-state index in [1.165, 1.54) is 12.1 Å². The van der Waals surface area contributed by atoms with Gasteiger partial charge in [-0.25, -0.2) is 26.0 Å². The van der Waals surface area contributed by atoms with Crippen LogP contribution in [-0.2, 0) is 10.0 Å². The van der Waals surface area contributed by atoms with E-state index in [9.17, 15) is 31.2 Å². The molecular formula is C26H22F4N4O2S. The normalized spacial score (nSPS) is 20.8. The second kappa shape index (κ2) is 9.36. The molecule has 5 rings (SSSR count). The van der Waals surface area contributed by atoms with E-state index in [2.05, 4.69) is 5.43 Å². The predicted octanol–water partition coefficient (Wildman–Crippen LogP) is 4.91. The first-order valence-electron chi connectivity index (χ1n) is 11.6. The van der Waals surface area contributed by atoms with Crippen LogP contribution in [0.25, 0.3) is 0 Å². The number of fused-ring (bicyclic) bond motifs is 1. The number of hydrazine groups is 1. The number of sulfonamides is 1. The number of halogens is 4. The Labute approximate surface area is 211 Å². The molecular weight excluding hydrogens is 508 g/mol. The molecule has 2 aliphatic carbocycles. The second-order valence-electron chi connectivity index (χ2n) is 9.16. The summed E-state index contributed by atoms with van der Waals surface area (Å²) in [5.74, 6) is -5.11. The molecule has 0 saturated heterocycles. The van der Waals surface area contributed by atoms with Crippen LogP contribution in [0.3, 0.4) is 0 Å². The maximum Gasteiger partial charge on any atom is 0.247 e. The third kappa shape index (κ3) is 4.30. The summed E-state index contributed by atoms with van der Waals surface area (Å²) in [5.41, 5.74) is 7.87. The molecule has 0 spiro atoms. The molecule has 0 radical (unpaired) electrons. The molecule has 2 aromatic carbocycles. The number of anilines is 1. The van der Waals surface area contributed by atoms with E-state index in [-0.39, 0.29) is 30.3 Å². The molecule has 0 unspecified atom stereocenters. The van der Waals surface area contributed by atoms with Crippen LogP contribution in [-0.4, -0.2) is 25.8 Å². The first-order valence-corrected chi connectivity index (χ1v) is 13.0. The molecule has 3 aliphatic rings. The van der Waals surface area contributed by atoms with Gasteiger partial charge in [0.15, 0.2) is 11.6 Å². The lowest BCUT2D eigenvalue weighted by molar-refractivity contribution is 0.377. The van der Waals surface area contributed by atoms with Crippen LogP contribution >= 0.6 is 0 Å². The average molecular weight is 531 g/mol. The van der Waals surface area contributed by atoms with Crippen molar-refractivity contribution in [2.75, 3.05) is 18.1 Å². The fraction of sp³-hybridized carbons (Fsp3) is 0.269. The van der Waals surface area contributed by atoms with Crippen molar-refractivity contribution in [1.82, 2.24) is 9.73 Å². The van der Waals surface area contributed by atoms with Crippen molar-refractivity contribution >= 4 is 15.7 Å². The molecule has 37 heavy (non-hydrogen) atoms. The van der Waals surface area contributed by atoms with Gasteiger partial charge in [0.05, 0.1) is 17.5 Å². The standard InChI is InChI=1S/C26H22F4N4O2S/c1-15-20-13-32-34(19-6-4-18(27)5-7-19)24(20)10-16-2-3-17(26(15)16)14-33(9-8-31)37(35,36)25-12-22(29)21(28)11-23(25)30/h4-7,10-13,15,17,32H,2-3,9,14H2,1H3/t15-,17+/m0/s1. The maximum atomic E-state index is 14.4. The van der Waals surface area contributed by atoms with Crippen LogP contribution in [0, 0.1) is 46.4 Å². The Morgan fingerprint density at radius 1 is 1.11 bits per heavy atom. The topological polar surface area (TPSA) is 76.4 Å². The highest BCUT2D eigenvalue weighted by atomic mass is 32.2. The van der Waals surface area contributed by atoms with Crippen molar-refractivity contribution < 1.29 is 26.0 Å². The van der Waals surface area contributed by atoms with E-state index in [0.29, 0.717) is 18.9 Å². The van der Waals surface area contributed by atoms with Gasteiger partial charge in [0.25, 0.3) is 0 Å². The number of nitriles is 1. The van der Waals surface area contributed by atoms with Gasteiger partial charge >= 0.3 is 0 Å². The van der Waals surface area contributed by atoms with Crippen LogP contribution in [0.4, 0.5) is 23.2 Å². The van der Waals surface area contributed by atoms with Gasteiger partial charge in [0.1, 0.15) is 23.1 Å². The number of benzene rings is 2. The molecule has 1 aliphatic heterocycles. The van der Waals surface area contributed by atoms with Crippen molar-refractivity contribution in [1.29, 1.82) is 5.26 Å². The average Bonchev–Trinajstić information content (AvgIpc) is 3.46. The van der Waals surface area contributed by atoms with Crippen LogP contribution in [0.15, 0.2) is 76.0 Å². The number of nitrogens with one attached hydrogen (secondary N) is 1. The predicted molar refractivity (Wildman–Crippen MR) is 128 cm³/mol. The highest BCUT2D eigenvalue weighted by Crippen LogP contribution is 2.48. The Kier molecular flexibility index (Phi) is 6.33. The fourth-order valence-corrected chi connectivity index (χ4v) is 6.76. The summed E-state index contributed by atoms with van der Waals surface area (Å²) in [7, 11) is -4.62. The lowest BCUT2D eigenvalue weighted by atomic mass is 9.80. The summed E-state index contributed by atoms with van der Waals surface area (Å²) in [5, 5.41) is 11.1. The van der Waals surface area contributed by atoms with E-state index in [1.807, 2.05) is 24.2 Å². The zero-order chi connectivity index (χ0) is 26.5. The van der Waals surface area contributed by atoms with E-state index in [1.54, 1.807) is 18.2 Å². The van der Waals surface area contributed by atoms with Crippen molar-refractivity contribution in [2.24, 2.45) is 11.8 Å². The van der Waals surface area contributed by atoms with E-state index >= 15 is 0 Å². The Morgan fingerprint density at radius 2 is 1.81 bits per heavy atom. The van der Waals surface area contributed by atoms with Gasteiger partial charge in [-0.1, -0.05) is 12.5 Å². The largest absolute Gasteiger partial charge is 0.301 e. The summed E-state index contributed by atoms with van der Waals surface area (Å²) in [4.78, 5) is -1.01. The summed E-state index contributed by atoms with van der Waals surface area (Å²) >= 11 is 0. The van der Waals surface area contributed by atoms with E-state index in [0.717, 1.165) is 32.4 Å². The molecule has 0 fully saturated rings. The van der Waals surface area contributed by atoms with Crippen LogP contribution in [0.5, 0.6) is 0 Å². The highest BCUT2D eigenvalue weighted by molar-refractivity contribution is 7.89. The van der Waals surface area contributed by atoms with Gasteiger partial charge in [-0.3, -0.25) is 5.01 Å². The monoisotopic (exact) mass is 530 g/mol. The van der Waals surface area contributed by atoms with Crippen LogP contribution in [0.1, 0.15) is 19.8 Å².